The molecule has 5 atom stereocenters. The van der Waals surface area contributed by atoms with Crippen LogP contribution in [0.25, 0.3) is 0 Å². The number of carbonyl (C=O) groups is 2. The van der Waals surface area contributed by atoms with Crippen LogP contribution in [0.4, 0.5) is 0 Å². The Morgan fingerprint density at radius 3 is 1.89 bits per heavy atom. The Morgan fingerprint density at radius 1 is 0.921 bits per heavy atom. The highest BCUT2D eigenvalue weighted by molar-refractivity contribution is 9.11. The Morgan fingerprint density at radius 2 is 1.41 bits per heavy atom. The summed E-state index contributed by atoms with van der Waals surface area (Å²) in [6.45, 7) is 27.1. The standard InChI is InChI=1S/C21H31BrClNO5Si.C11H12BrClNO4.C11H24O2Si.CH4/c1-12-17-16(11-27-30(6,7)21(2,3)4)29-24(18(17)20(25)28-12)10-13-15(23)9-8-14(22)19(13)26-5;1-17-10(15)6-14(16)5-7-9(13)4-3-8(12)11(7)18-2;1-10(12)8-7-9-13-14(5,6)11(2,3)4;/h8-9,12,16-18H,10-11H2,1-7H3;3-4,6,16H,5H2,1-2H3;7-8,10,12H,9H2,1-6H3;1H4/q;+1;;/b;14-6-;8-7-;/t12-,16-,17+,18-;;10-;/m0.0./s1. The number of cyclic esters (lactones) is 1. The molecule has 0 saturated carbocycles. The van der Waals surface area contributed by atoms with Crippen LogP contribution >= 0.6 is 55.1 Å². The van der Waals surface area contributed by atoms with Crippen LogP contribution < -0.4 is 9.47 Å². The summed E-state index contributed by atoms with van der Waals surface area (Å²) >= 11 is 19.3. The highest BCUT2D eigenvalue weighted by Gasteiger charge is 2.57. The number of hydrogen-bond donors (Lipinski definition) is 2. The summed E-state index contributed by atoms with van der Waals surface area (Å²) < 4.78 is 35.2. The molecular formula is C44H71Br2Cl2N2O11Si2+. The van der Waals surface area contributed by atoms with Crippen molar-refractivity contribution in [1.29, 1.82) is 0 Å². The number of aliphatic hydroxyl groups is 1. The van der Waals surface area contributed by atoms with Crippen molar-refractivity contribution in [3.8, 4) is 11.5 Å². The largest absolute Gasteiger partial charge is 0.495 e. The van der Waals surface area contributed by atoms with E-state index in [4.69, 9.17) is 56.2 Å². The predicted molar refractivity (Wildman–Crippen MR) is 262 cm³/mol. The molecule has 2 N–H and O–H groups in total. The number of nitrogens with zero attached hydrogens (tertiary/aromatic N) is 2. The fourth-order valence-electron chi connectivity index (χ4n) is 5.80. The number of carbonyl (C=O) groups excluding carboxylic acids is 2. The number of benzene rings is 2. The monoisotopic (exact) mass is 1090 g/mol. The molecule has 2 aromatic rings. The fourth-order valence-corrected chi connectivity index (χ4v) is 9.25. The van der Waals surface area contributed by atoms with Gasteiger partial charge in [0.05, 0.1) is 72.6 Å². The van der Waals surface area contributed by atoms with E-state index in [0.717, 1.165) is 16.3 Å². The van der Waals surface area contributed by atoms with Gasteiger partial charge in [0, 0.05) is 10.6 Å². The topological polar surface area (TPSA) is 145 Å². The van der Waals surface area contributed by atoms with Crippen molar-refractivity contribution in [3.63, 3.8) is 0 Å². The molecule has 0 amide bonds. The Hall–Kier alpha value is -2.04. The van der Waals surface area contributed by atoms with Gasteiger partial charge in [-0.3, -0.25) is 14.8 Å². The van der Waals surface area contributed by atoms with Crippen LogP contribution in [-0.2, 0) is 45.8 Å². The number of methoxy groups -OCH3 is 3. The van der Waals surface area contributed by atoms with Crippen molar-refractivity contribution in [3.05, 3.63) is 66.5 Å². The third-order valence-electron chi connectivity index (χ3n) is 11.4. The summed E-state index contributed by atoms with van der Waals surface area (Å²) in [5.41, 5.74) is 1.31. The van der Waals surface area contributed by atoms with Gasteiger partial charge in [0.15, 0.2) is 16.6 Å². The van der Waals surface area contributed by atoms with E-state index in [-0.39, 0.29) is 54.2 Å². The molecule has 2 saturated heterocycles. The number of hydrogen-bond acceptors (Lipinski definition) is 12. The highest BCUT2D eigenvalue weighted by Crippen LogP contribution is 2.44. The van der Waals surface area contributed by atoms with Crippen LogP contribution in [0.15, 0.2) is 45.4 Å². The lowest BCUT2D eigenvalue weighted by Gasteiger charge is -2.37. The molecule has 2 aromatic carbocycles. The van der Waals surface area contributed by atoms with Crippen LogP contribution in [0, 0.1) is 5.92 Å². The highest BCUT2D eigenvalue weighted by atomic mass is 79.9. The Balaban J connectivity index is 0.000000515. The third-order valence-corrected chi connectivity index (χ3v) is 22.4. The number of rotatable bonds is 14. The van der Waals surface area contributed by atoms with Gasteiger partial charge in [-0.1, -0.05) is 84.3 Å². The van der Waals surface area contributed by atoms with E-state index in [1.54, 1.807) is 43.4 Å². The molecule has 2 heterocycles. The van der Waals surface area contributed by atoms with E-state index in [2.05, 4.69) is 104 Å². The maximum absolute atomic E-state index is 12.6. The number of esters is 2. The minimum atomic E-state index is -1.95. The van der Waals surface area contributed by atoms with Gasteiger partial charge in [0.1, 0.15) is 29.7 Å². The van der Waals surface area contributed by atoms with Gasteiger partial charge >= 0.3 is 11.9 Å². The summed E-state index contributed by atoms with van der Waals surface area (Å²) in [7, 11) is 0.742. The van der Waals surface area contributed by atoms with E-state index in [1.807, 2.05) is 19.1 Å². The molecule has 0 radical (unpaired) electrons. The van der Waals surface area contributed by atoms with Crippen molar-refractivity contribution in [2.75, 3.05) is 34.5 Å². The van der Waals surface area contributed by atoms with Crippen molar-refractivity contribution in [1.82, 2.24) is 5.06 Å². The lowest BCUT2D eigenvalue weighted by atomic mass is 9.93. The lowest BCUT2D eigenvalue weighted by Crippen LogP contribution is -2.44. The van der Waals surface area contributed by atoms with E-state index >= 15 is 0 Å². The summed E-state index contributed by atoms with van der Waals surface area (Å²) in [6.07, 6.45) is 3.69. The van der Waals surface area contributed by atoms with Gasteiger partial charge in [-0.2, -0.15) is 5.06 Å². The zero-order chi connectivity index (χ0) is 47.5. The average Bonchev–Trinajstić information content (AvgIpc) is 3.68. The number of halogens is 4. The van der Waals surface area contributed by atoms with E-state index in [0.29, 0.717) is 56.1 Å². The first kappa shape index (κ1) is 59.0. The van der Waals surface area contributed by atoms with Crippen molar-refractivity contribution < 1.29 is 57.3 Å². The zero-order valence-electron chi connectivity index (χ0n) is 38.7. The second-order valence-corrected chi connectivity index (χ2v) is 30.2. The van der Waals surface area contributed by atoms with Gasteiger partial charge in [-0.25, -0.2) is 4.79 Å². The van der Waals surface area contributed by atoms with Crippen LogP contribution in [0.3, 0.4) is 0 Å². The fraction of sp³-hybridized carbons (Fsp3) is 0.614. The summed E-state index contributed by atoms with van der Waals surface area (Å²) in [5, 5.41) is 21.6. The lowest BCUT2D eigenvalue weighted by molar-refractivity contribution is -0.783. The maximum Gasteiger partial charge on any atom is 0.399 e. The molecule has 2 aliphatic rings. The van der Waals surface area contributed by atoms with Gasteiger partial charge in [-0.05, 0) is 111 Å². The van der Waals surface area contributed by atoms with Gasteiger partial charge in [0.2, 0.25) is 6.54 Å². The molecule has 19 heteroatoms. The third kappa shape index (κ3) is 16.7. The summed E-state index contributed by atoms with van der Waals surface area (Å²) in [6, 6.07) is 6.53. The molecule has 358 valence electrons. The number of aliphatic hydroxyl groups excluding tert-OH is 1. The molecule has 4 rings (SSSR count). The van der Waals surface area contributed by atoms with E-state index in [9.17, 15) is 14.8 Å². The number of fused-ring (bicyclic) bond motifs is 1. The molecule has 13 nitrogen and oxygen atoms in total. The molecular weight excluding hydrogens is 1020 g/mol. The molecule has 63 heavy (non-hydrogen) atoms. The van der Waals surface area contributed by atoms with Crippen molar-refractivity contribution in [2.45, 2.75) is 137 Å². The van der Waals surface area contributed by atoms with Crippen LogP contribution in [0.5, 0.6) is 11.5 Å². The number of hydroxylamine groups is 3. The van der Waals surface area contributed by atoms with Gasteiger partial charge in [-0.15, -0.1) is 0 Å². The van der Waals surface area contributed by atoms with Crippen molar-refractivity contribution in [2.24, 2.45) is 5.92 Å². The van der Waals surface area contributed by atoms with Crippen LogP contribution in [-0.4, -0.2) is 114 Å². The second-order valence-electron chi connectivity index (χ2n) is 18.0. The SMILES string of the molecule is C.COC(=O)/C=[N+](\O)Cc1c(Cl)ccc(Br)c1OC.COc1c(Br)ccc(Cl)c1CN1O[C@@H](CO[Si](C)(C)C(C)(C)C)[C@H]2[C@H](C)OC(=O)[C@H]21.C[C@H](O)/C=C\CO[Si](C)(C)C(C)(C)C. The first-order valence-corrected chi connectivity index (χ1v) is 28.4. The second kappa shape index (κ2) is 25.2. The smallest absolute Gasteiger partial charge is 0.399 e. The van der Waals surface area contributed by atoms with E-state index < -0.39 is 28.6 Å². The summed E-state index contributed by atoms with van der Waals surface area (Å²) in [4.78, 5) is 29.9. The van der Waals surface area contributed by atoms with Crippen LogP contribution in [0.1, 0.15) is 73.9 Å². The minimum absolute atomic E-state index is 0. The average molecular weight is 1090 g/mol. The van der Waals surface area contributed by atoms with Crippen LogP contribution in [0.2, 0.25) is 46.3 Å². The summed E-state index contributed by atoms with van der Waals surface area (Å²) in [5.74, 6) is 0.0945. The number of ether oxygens (including phenoxy) is 4. The molecule has 0 spiro atoms. The van der Waals surface area contributed by atoms with Gasteiger partial charge in [0.25, 0.3) is 6.21 Å². The maximum atomic E-state index is 12.6. The Labute approximate surface area is 404 Å². The molecule has 0 bridgehead atoms. The molecule has 0 unspecified atom stereocenters. The zero-order valence-corrected chi connectivity index (χ0v) is 45.4. The first-order valence-electron chi connectivity index (χ1n) is 20.2. The molecule has 2 fully saturated rings. The Bertz CT molecular complexity index is 1890. The normalized spacial score (nSPS) is 19.8. The predicted octanol–water partition coefficient (Wildman–Crippen LogP) is 11.0. The molecule has 2 aliphatic heterocycles. The Kier molecular flexibility index (Phi) is 23.6. The van der Waals surface area contributed by atoms with E-state index in [1.165, 1.54) is 14.2 Å². The first-order chi connectivity index (χ1) is 28.5. The van der Waals surface area contributed by atoms with Crippen molar-refractivity contribution >= 4 is 89.8 Å². The molecule has 0 aliphatic carbocycles. The minimum Gasteiger partial charge on any atom is -0.495 e. The van der Waals surface area contributed by atoms with Gasteiger partial charge < -0.3 is 32.9 Å². The molecule has 0 aromatic heterocycles. The quantitative estimate of drug-likeness (QED) is 0.0353.